The van der Waals surface area contributed by atoms with Gasteiger partial charge in [0.05, 0.1) is 12.8 Å². The highest BCUT2D eigenvalue weighted by Gasteiger charge is 2.35. The van der Waals surface area contributed by atoms with Crippen molar-refractivity contribution in [3.63, 3.8) is 0 Å². The maximum absolute atomic E-state index is 12.2. The number of carbonyl (C=O) groups is 2. The SMILES string of the molecule is C=CC1=NC(c2ccco2)C(=O)N1CCOC(C)=O. The van der Waals surface area contributed by atoms with Gasteiger partial charge in [-0.25, -0.2) is 4.99 Å². The predicted octanol–water partition coefficient (Wildman–Crippen LogP) is 1.31. The van der Waals surface area contributed by atoms with E-state index in [1.54, 1.807) is 12.1 Å². The molecule has 1 unspecified atom stereocenters. The van der Waals surface area contributed by atoms with Crippen molar-refractivity contribution in [1.29, 1.82) is 0 Å². The highest BCUT2D eigenvalue weighted by Crippen LogP contribution is 2.26. The monoisotopic (exact) mass is 262 g/mol. The normalized spacial score (nSPS) is 18.4. The molecule has 100 valence electrons. The van der Waals surface area contributed by atoms with Crippen molar-refractivity contribution in [2.75, 3.05) is 13.2 Å². The van der Waals surface area contributed by atoms with E-state index in [-0.39, 0.29) is 25.0 Å². The van der Waals surface area contributed by atoms with E-state index < -0.39 is 6.04 Å². The number of carbonyl (C=O) groups excluding carboxylic acids is 2. The number of furan rings is 1. The van der Waals surface area contributed by atoms with Crippen molar-refractivity contribution in [3.8, 4) is 0 Å². The van der Waals surface area contributed by atoms with E-state index in [4.69, 9.17) is 9.15 Å². The standard InChI is InChI=1S/C13H14N2O4/c1-3-11-14-12(10-5-4-7-19-10)13(17)15(11)6-8-18-9(2)16/h3-5,7,12H,1,6,8H2,2H3. The van der Waals surface area contributed by atoms with E-state index in [9.17, 15) is 9.59 Å². The molecule has 0 saturated carbocycles. The molecule has 0 aromatic carbocycles. The van der Waals surface area contributed by atoms with E-state index in [0.29, 0.717) is 11.6 Å². The second kappa shape index (κ2) is 5.51. The van der Waals surface area contributed by atoms with E-state index in [1.165, 1.54) is 24.2 Å². The Hall–Kier alpha value is -2.37. The minimum Gasteiger partial charge on any atom is -0.466 e. The quantitative estimate of drug-likeness (QED) is 0.750. The number of amidine groups is 1. The number of nitrogens with zero attached hydrogens (tertiary/aromatic N) is 2. The first-order valence-corrected chi connectivity index (χ1v) is 5.82. The molecule has 1 amide bonds. The number of amides is 1. The van der Waals surface area contributed by atoms with Crippen LogP contribution in [-0.4, -0.2) is 35.8 Å². The molecule has 6 nitrogen and oxygen atoms in total. The Morgan fingerprint density at radius 2 is 2.47 bits per heavy atom. The molecule has 0 radical (unpaired) electrons. The topological polar surface area (TPSA) is 72.1 Å². The Kier molecular flexibility index (Phi) is 3.79. The number of hydrogen-bond donors (Lipinski definition) is 0. The number of ether oxygens (including phenoxy) is 1. The third-order valence-corrected chi connectivity index (χ3v) is 2.65. The highest BCUT2D eigenvalue weighted by molar-refractivity contribution is 6.10. The van der Waals surface area contributed by atoms with Gasteiger partial charge in [-0.15, -0.1) is 0 Å². The summed E-state index contributed by atoms with van der Waals surface area (Å²) >= 11 is 0. The van der Waals surface area contributed by atoms with Gasteiger partial charge in [0.2, 0.25) is 0 Å². The van der Waals surface area contributed by atoms with Gasteiger partial charge in [0, 0.05) is 6.92 Å². The van der Waals surface area contributed by atoms with Crippen LogP contribution in [0.3, 0.4) is 0 Å². The highest BCUT2D eigenvalue weighted by atomic mass is 16.5. The van der Waals surface area contributed by atoms with Gasteiger partial charge >= 0.3 is 5.97 Å². The fourth-order valence-electron chi connectivity index (χ4n) is 1.82. The molecule has 1 atom stereocenters. The lowest BCUT2D eigenvalue weighted by molar-refractivity contribution is -0.142. The largest absolute Gasteiger partial charge is 0.466 e. The summed E-state index contributed by atoms with van der Waals surface area (Å²) in [4.78, 5) is 28.6. The summed E-state index contributed by atoms with van der Waals surface area (Å²) in [6, 6.07) is 2.72. The summed E-state index contributed by atoms with van der Waals surface area (Å²) < 4.78 is 10.0. The summed E-state index contributed by atoms with van der Waals surface area (Å²) in [5.74, 6) is 0.348. The van der Waals surface area contributed by atoms with E-state index in [2.05, 4.69) is 11.6 Å². The van der Waals surface area contributed by atoms with Gasteiger partial charge in [-0.3, -0.25) is 14.5 Å². The summed E-state index contributed by atoms with van der Waals surface area (Å²) in [6.45, 7) is 5.32. The zero-order valence-electron chi connectivity index (χ0n) is 10.5. The summed E-state index contributed by atoms with van der Waals surface area (Å²) in [5.41, 5.74) is 0. The minimum atomic E-state index is -0.680. The molecule has 6 heteroatoms. The molecule has 1 aliphatic rings. The van der Waals surface area contributed by atoms with Crippen molar-refractivity contribution in [1.82, 2.24) is 4.90 Å². The van der Waals surface area contributed by atoms with Crippen LogP contribution in [0, 0.1) is 0 Å². The van der Waals surface area contributed by atoms with Crippen molar-refractivity contribution in [2.45, 2.75) is 13.0 Å². The van der Waals surface area contributed by atoms with Gasteiger partial charge in [-0.1, -0.05) is 6.58 Å². The van der Waals surface area contributed by atoms with E-state index >= 15 is 0 Å². The Balaban J connectivity index is 2.08. The molecule has 2 rings (SSSR count). The predicted molar refractivity (Wildman–Crippen MR) is 67.4 cm³/mol. The molecule has 1 aliphatic heterocycles. The van der Waals surface area contributed by atoms with Crippen molar-refractivity contribution in [3.05, 3.63) is 36.8 Å². The summed E-state index contributed by atoms with van der Waals surface area (Å²) in [7, 11) is 0. The van der Waals surface area contributed by atoms with Gasteiger partial charge in [-0.05, 0) is 18.2 Å². The van der Waals surface area contributed by atoms with Gasteiger partial charge in [0.15, 0.2) is 6.04 Å². The van der Waals surface area contributed by atoms with E-state index in [0.717, 1.165) is 0 Å². The molecule has 1 aromatic heterocycles. The first kappa shape index (κ1) is 13.1. The Bertz CT molecular complexity index is 519. The zero-order valence-corrected chi connectivity index (χ0v) is 10.5. The van der Waals surface area contributed by atoms with Crippen LogP contribution in [0.15, 0.2) is 40.5 Å². The third kappa shape index (κ3) is 2.73. The third-order valence-electron chi connectivity index (χ3n) is 2.65. The minimum absolute atomic E-state index is 0.124. The van der Waals surface area contributed by atoms with Crippen LogP contribution < -0.4 is 0 Å². The summed E-state index contributed by atoms with van der Waals surface area (Å²) in [5, 5.41) is 0. The van der Waals surface area contributed by atoms with Crippen LogP contribution in [0.5, 0.6) is 0 Å². The molecule has 0 saturated heterocycles. The Morgan fingerprint density at radius 3 is 3.05 bits per heavy atom. The van der Waals surface area contributed by atoms with Crippen molar-refractivity contribution in [2.24, 2.45) is 4.99 Å². The average molecular weight is 262 g/mol. The Labute approximate surface area is 110 Å². The van der Waals surface area contributed by atoms with Crippen LogP contribution >= 0.6 is 0 Å². The molecule has 0 bridgehead atoms. The molecule has 0 spiro atoms. The van der Waals surface area contributed by atoms with Crippen LogP contribution in [0.1, 0.15) is 18.7 Å². The number of esters is 1. The molecule has 0 N–H and O–H groups in total. The second-order valence-electron chi connectivity index (χ2n) is 3.94. The maximum atomic E-state index is 12.2. The zero-order chi connectivity index (χ0) is 13.8. The fourth-order valence-corrected chi connectivity index (χ4v) is 1.82. The van der Waals surface area contributed by atoms with Crippen molar-refractivity contribution >= 4 is 17.7 Å². The van der Waals surface area contributed by atoms with Crippen molar-refractivity contribution < 1.29 is 18.7 Å². The first-order chi connectivity index (χ1) is 9.13. The van der Waals surface area contributed by atoms with Gasteiger partial charge in [0.1, 0.15) is 18.2 Å². The van der Waals surface area contributed by atoms with Gasteiger partial charge in [-0.2, -0.15) is 0 Å². The van der Waals surface area contributed by atoms with Gasteiger partial charge < -0.3 is 9.15 Å². The summed E-state index contributed by atoms with van der Waals surface area (Å²) in [6.07, 6.45) is 2.99. The first-order valence-electron chi connectivity index (χ1n) is 5.82. The lowest BCUT2D eigenvalue weighted by atomic mass is 10.2. The molecular weight excluding hydrogens is 248 g/mol. The molecule has 19 heavy (non-hydrogen) atoms. The molecule has 0 aliphatic carbocycles. The van der Waals surface area contributed by atoms with Crippen LogP contribution in [-0.2, 0) is 14.3 Å². The molecule has 2 heterocycles. The fraction of sp³-hybridized carbons (Fsp3) is 0.308. The van der Waals surface area contributed by atoms with Crippen LogP contribution in [0.25, 0.3) is 0 Å². The lowest BCUT2D eigenvalue weighted by Crippen LogP contribution is -2.35. The molecule has 0 fully saturated rings. The van der Waals surface area contributed by atoms with Crippen LogP contribution in [0.4, 0.5) is 0 Å². The van der Waals surface area contributed by atoms with Gasteiger partial charge in [0.25, 0.3) is 5.91 Å². The molecular formula is C13H14N2O4. The van der Waals surface area contributed by atoms with Crippen LogP contribution in [0.2, 0.25) is 0 Å². The lowest BCUT2D eigenvalue weighted by Gasteiger charge is -2.16. The van der Waals surface area contributed by atoms with E-state index in [1.807, 2.05) is 0 Å². The smallest absolute Gasteiger partial charge is 0.302 e. The number of hydrogen-bond acceptors (Lipinski definition) is 5. The second-order valence-corrected chi connectivity index (χ2v) is 3.94. The molecule has 1 aromatic rings. The number of aliphatic imine (C=N–C) groups is 1. The average Bonchev–Trinajstić information content (AvgIpc) is 2.98. The maximum Gasteiger partial charge on any atom is 0.302 e. The number of rotatable bonds is 5. The Morgan fingerprint density at radius 1 is 1.68 bits per heavy atom.